The molecule has 0 spiro atoms. The fraction of sp³-hybridized carbons (Fsp3) is 0.438. The quantitative estimate of drug-likeness (QED) is 0.782. The number of hydrogen-bond acceptors (Lipinski definition) is 3. The molecule has 0 saturated heterocycles. The van der Waals surface area contributed by atoms with Crippen molar-refractivity contribution in [3.8, 4) is 0 Å². The summed E-state index contributed by atoms with van der Waals surface area (Å²) in [6.07, 6.45) is 2.01. The van der Waals surface area contributed by atoms with E-state index >= 15 is 0 Å². The highest BCUT2D eigenvalue weighted by Gasteiger charge is 2.14. The van der Waals surface area contributed by atoms with Crippen LogP contribution in [0.15, 0.2) is 29.6 Å². The van der Waals surface area contributed by atoms with E-state index < -0.39 is 0 Å². The Balaban J connectivity index is 2.09. The summed E-state index contributed by atoms with van der Waals surface area (Å²) in [6.45, 7) is 6.09. The molecule has 1 unspecified atom stereocenters. The van der Waals surface area contributed by atoms with Crippen LogP contribution < -0.4 is 5.32 Å². The smallest absolute Gasteiger partial charge is 0.123 e. The monoisotopic (exact) mass is 292 g/mol. The molecule has 108 valence electrons. The fourth-order valence-electron chi connectivity index (χ4n) is 2.25. The standard InChI is InChI=1S/C16H21FN2S/c1-3-8-18-10-14(9-16-11-20-12(2)19-16)13-4-6-15(17)7-5-13/h4-7,11,14,18H,3,8-10H2,1-2H3. The number of aryl methyl sites for hydroxylation is 1. The summed E-state index contributed by atoms with van der Waals surface area (Å²) in [5.41, 5.74) is 2.29. The molecule has 0 fully saturated rings. The highest BCUT2D eigenvalue weighted by atomic mass is 32.1. The molecule has 1 aromatic heterocycles. The maximum absolute atomic E-state index is 13.1. The number of rotatable bonds is 7. The molecule has 0 aliphatic carbocycles. The first-order valence-electron chi connectivity index (χ1n) is 7.06. The topological polar surface area (TPSA) is 24.9 Å². The molecular formula is C16H21FN2S. The molecule has 1 heterocycles. The van der Waals surface area contributed by atoms with E-state index in [0.29, 0.717) is 5.92 Å². The van der Waals surface area contributed by atoms with Crippen molar-refractivity contribution in [1.82, 2.24) is 10.3 Å². The first-order chi connectivity index (χ1) is 9.69. The SMILES string of the molecule is CCCNCC(Cc1csc(C)n1)c1ccc(F)cc1. The average molecular weight is 292 g/mol. The lowest BCUT2D eigenvalue weighted by Crippen LogP contribution is -2.23. The third-order valence-electron chi connectivity index (χ3n) is 3.28. The Labute approximate surface area is 124 Å². The number of aromatic nitrogens is 1. The van der Waals surface area contributed by atoms with Gasteiger partial charge >= 0.3 is 0 Å². The number of nitrogens with zero attached hydrogens (tertiary/aromatic N) is 1. The predicted octanol–water partition coefficient (Wildman–Crippen LogP) is 3.92. The summed E-state index contributed by atoms with van der Waals surface area (Å²) >= 11 is 1.68. The second-order valence-electron chi connectivity index (χ2n) is 5.01. The first-order valence-corrected chi connectivity index (χ1v) is 7.94. The van der Waals surface area contributed by atoms with Crippen LogP contribution in [-0.2, 0) is 6.42 Å². The molecule has 1 aromatic carbocycles. The van der Waals surface area contributed by atoms with E-state index in [4.69, 9.17) is 0 Å². The van der Waals surface area contributed by atoms with Gasteiger partial charge in [-0.1, -0.05) is 19.1 Å². The van der Waals surface area contributed by atoms with E-state index in [-0.39, 0.29) is 5.82 Å². The van der Waals surface area contributed by atoms with Crippen LogP contribution in [0.4, 0.5) is 4.39 Å². The van der Waals surface area contributed by atoms with Crippen molar-refractivity contribution in [2.45, 2.75) is 32.6 Å². The van der Waals surface area contributed by atoms with E-state index in [9.17, 15) is 4.39 Å². The van der Waals surface area contributed by atoms with Crippen LogP contribution in [0.3, 0.4) is 0 Å². The fourth-order valence-corrected chi connectivity index (χ4v) is 2.88. The van der Waals surface area contributed by atoms with Gasteiger partial charge in [0.25, 0.3) is 0 Å². The number of benzene rings is 1. The van der Waals surface area contributed by atoms with Crippen molar-refractivity contribution in [3.05, 3.63) is 51.7 Å². The molecule has 2 nitrogen and oxygen atoms in total. The molecule has 2 aromatic rings. The average Bonchev–Trinajstić information content (AvgIpc) is 2.84. The van der Waals surface area contributed by atoms with Gasteiger partial charge in [0.05, 0.1) is 10.7 Å². The van der Waals surface area contributed by atoms with Crippen LogP contribution in [0, 0.1) is 12.7 Å². The molecule has 0 saturated carbocycles. The normalized spacial score (nSPS) is 12.6. The van der Waals surface area contributed by atoms with Crippen LogP contribution in [0.5, 0.6) is 0 Å². The lowest BCUT2D eigenvalue weighted by molar-refractivity contribution is 0.570. The number of halogens is 1. The zero-order chi connectivity index (χ0) is 14.4. The summed E-state index contributed by atoms with van der Waals surface area (Å²) in [7, 11) is 0. The Bertz CT molecular complexity index is 522. The zero-order valence-corrected chi connectivity index (χ0v) is 12.8. The molecular weight excluding hydrogens is 271 g/mol. The second kappa shape index (κ2) is 7.50. The molecule has 1 atom stereocenters. The van der Waals surface area contributed by atoms with Crippen LogP contribution >= 0.6 is 11.3 Å². The van der Waals surface area contributed by atoms with Crippen LogP contribution in [0.2, 0.25) is 0 Å². The maximum Gasteiger partial charge on any atom is 0.123 e. The van der Waals surface area contributed by atoms with Crippen LogP contribution in [0.1, 0.15) is 35.5 Å². The Morgan fingerprint density at radius 3 is 2.65 bits per heavy atom. The summed E-state index contributed by atoms with van der Waals surface area (Å²) in [4.78, 5) is 4.54. The largest absolute Gasteiger partial charge is 0.316 e. The van der Waals surface area contributed by atoms with Crippen LogP contribution in [0.25, 0.3) is 0 Å². The zero-order valence-electron chi connectivity index (χ0n) is 12.0. The summed E-state index contributed by atoms with van der Waals surface area (Å²) < 4.78 is 13.1. The van der Waals surface area contributed by atoms with Gasteiger partial charge in [-0.2, -0.15) is 0 Å². The molecule has 2 rings (SSSR count). The van der Waals surface area contributed by atoms with Crippen molar-refractivity contribution >= 4 is 11.3 Å². The Hall–Kier alpha value is -1.26. The predicted molar refractivity (Wildman–Crippen MR) is 82.9 cm³/mol. The summed E-state index contributed by atoms with van der Waals surface area (Å²) in [5, 5.41) is 6.67. The van der Waals surface area contributed by atoms with E-state index in [1.807, 2.05) is 19.1 Å². The van der Waals surface area contributed by atoms with Crippen LogP contribution in [-0.4, -0.2) is 18.1 Å². The van der Waals surface area contributed by atoms with Gasteiger partial charge in [-0.25, -0.2) is 9.37 Å². The van der Waals surface area contributed by atoms with Crippen molar-refractivity contribution in [3.63, 3.8) is 0 Å². The minimum Gasteiger partial charge on any atom is -0.316 e. The molecule has 0 aliphatic heterocycles. The molecule has 0 radical (unpaired) electrons. The van der Waals surface area contributed by atoms with Crippen molar-refractivity contribution in [2.75, 3.05) is 13.1 Å². The minimum atomic E-state index is -0.182. The molecule has 0 amide bonds. The van der Waals surface area contributed by atoms with Gasteiger partial charge in [-0.05, 0) is 44.0 Å². The Kier molecular flexibility index (Phi) is 5.68. The van der Waals surface area contributed by atoms with Gasteiger partial charge in [0.15, 0.2) is 0 Å². The first kappa shape index (κ1) is 15.1. The third kappa shape index (κ3) is 4.39. The van der Waals surface area contributed by atoms with E-state index in [0.717, 1.165) is 36.6 Å². The van der Waals surface area contributed by atoms with Gasteiger partial charge in [0.1, 0.15) is 5.82 Å². The van der Waals surface area contributed by atoms with Crippen molar-refractivity contribution in [1.29, 1.82) is 0 Å². The lowest BCUT2D eigenvalue weighted by Gasteiger charge is -2.17. The Morgan fingerprint density at radius 2 is 2.05 bits per heavy atom. The van der Waals surface area contributed by atoms with E-state index in [2.05, 4.69) is 22.6 Å². The van der Waals surface area contributed by atoms with Crippen molar-refractivity contribution < 1.29 is 4.39 Å². The lowest BCUT2D eigenvalue weighted by atomic mass is 9.94. The van der Waals surface area contributed by atoms with Gasteiger partial charge in [0, 0.05) is 17.8 Å². The third-order valence-corrected chi connectivity index (χ3v) is 4.10. The Morgan fingerprint density at radius 1 is 1.30 bits per heavy atom. The van der Waals surface area contributed by atoms with Gasteiger partial charge in [-0.3, -0.25) is 0 Å². The van der Waals surface area contributed by atoms with E-state index in [1.54, 1.807) is 11.3 Å². The second-order valence-corrected chi connectivity index (χ2v) is 6.08. The number of thiazole rings is 1. The highest BCUT2D eigenvalue weighted by Crippen LogP contribution is 2.22. The molecule has 20 heavy (non-hydrogen) atoms. The van der Waals surface area contributed by atoms with E-state index in [1.165, 1.54) is 17.7 Å². The molecule has 1 N–H and O–H groups in total. The molecule has 0 bridgehead atoms. The van der Waals surface area contributed by atoms with Gasteiger partial charge < -0.3 is 5.32 Å². The van der Waals surface area contributed by atoms with Gasteiger partial charge in [0.2, 0.25) is 0 Å². The number of nitrogens with one attached hydrogen (secondary N) is 1. The summed E-state index contributed by atoms with van der Waals surface area (Å²) in [5.74, 6) is 0.155. The summed E-state index contributed by atoms with van der Waals surface area (Å²) in [6, 6.07) is 6.84. The molecule has 0 aliphatic rings. The minimum absolute atomic E-state index is 0.182. The van der Waals surface area contributed by atoms with Gasteiger partial charge in [-0.15, -0.1) is 11.3 Å². The maximum atomic E-state index is 13.1. The molecule has 4 heteroatoms. The number of hydrogen-bond donors (Lipinski definition) is 1. The highest BCUT2D eigenvalue weighted by molar-refractivity contribution is 7.09. The van der Waals surface area contributed by atoms with Crippen molar-refractivity contribution in [2.24, 2.45) is 0 Å².